The number of nitrogen functional groups attached to an aromatic ring is 1. The van der Waals surface area contributed by atoms with Crippen LogP contribution in [-0.4, -0.2) is 9.78 Å². The molecule has 0 unspecified atom stereocenters. The van der Waals surface area contributed by atoms with Gasteiger partial charge >= 0.3 is 0 Å². The largest absolute Gasteiger partial charge is 0.399 e. The van der Waals surface area contributed by atoms with Crippen molar-refractivity contribution in [2.24, 2.45) is 0 Å². The summed E-state index contributed by atoms with van der Waals surface area (Å²) in [6.07, 6.45) is 0.896. The van der Waals surface area contributed by atoms with E-state index in [0.717, 1.165) is 24.3 Å². The number of aromatic nitrogens is 2. The second-order valence-electron chi connectivity index (χ2n) is 5.71. The maximum Gasteiger partial charge on any atom is 0.0662 e. The summed E-state index contributed by atoms with van der Waals surface area (Å²) in [6.45, 7) is 5.05. The number of rotatable bonds is 4. The van der Waals surface area contributed by atoms with Gasteiger partial charge in [0.15, 0.2) is 0 Å². The van der Waals surface area contributed by atoms with E-state index in [4.69, 9.17) is 10.8 Å². The van der Waals surface area contributed by atoms with Gasteiger partial charge in [-0.1, -0.05) is 42.5 Å². The fraction of sp³-hybridized carbons (Fsp3) is 0.211. The lowest BCUT2D eigenvalue weighted by Crippen LogP contribution is -2.04. The summed E-state index contributed by atoms with van der Waals surface area (Å²) in [6, 6.07) is 18.5. The van der Waals surface area contributed by atoms with Gasteiger partial charge in [0.2, 0.25) is 0 Å². The normalized spacial score (nSPS) is 10.8. The van der Waals surface area contributed by atoms with Crippen LogP contribution < -0.4 is 5.73 Å². The Bertz CT molecular complexity index is 755. The molecule has 0 aliphatic rings. The zero-order valence-electron chi connectivity index (χ0n) is 13.1. The highest BCUT2D eigenvalue weighted by Crippen LogP contribution is 2.19. The molecular weight excluding hydrogens is 270 g/mol. The van der Waals surface area contributed by atoms with Crippen molar-refractivity contribution in [1.29, 1.82) is 0 Å². The van der Waals surface area contributed by atoms with Crippen molar-refractivity contribution in [2.45, 2.75) is 26.8 Å². The molecule has 0 spiro atoms. The second-order valence-corrected chi connectivity index (χ2v) is 5.71. The smallest absolute Gasteiger partial charge is 0.0662 e. The van der Waals surface area contributed by atoms with E-state index < -0.39 is 0 Å². The first-order valence-corrected chi connectivity index (χ1v) is 7.54. The monoisotopic (exact) mass is 291 g/mol. The number of hydrogen-bond acceptors (Lipinski definition) is 2. The van der Waals surface area contributed by atoms with Gasteiger partial charge in [-0.15, -0.1) is 0 Å². The zero-order chi connectivity index (χ0) is 15.5. The van der Waals surface area contributed by atoms with Crippen molar-refractivity contribution in [3.63, 3.8) is 0 Å². The van der Waals surface area contributed by atoms with Gasteiger partial charge in [0.25, 0.3) is 0 Å². The van der Waals surface area contributed by atoms with E-state index in [0.29, 0.717) is 0 Å². The molecule has 0 amide bonds. The lowest BCUT2D eigenvalue weighted by atomic mass is 10.0. The van der Waals surface area contributed by atoms with Crippen LogP contribution in [0.4, 0.5) is 5.69 Å². The standard InChI is InChI=1S/C19H21N3/c1-14-19(12-16-8-10-18(20)11-9-16)15(2)22(21-14)13-17-6-4-3-5-7-17/h3-11H,12-13,20H2,1-2H3. The van der Waals surface area contributed by atoms with Crippen molar-refractivity contribution < 1.29 is 0 Å². The van der Waals surface area contributed by atoms with Crippen LogP contribution in [0.15, 0.2) is 54.6 Å². The third kappa shape index (κ3) is 3.03. The zero-order valence-corrected chi connectivity index (χ0v) is 13.1. The van der Waals surface area contributed by atoms with Gasteiger partial charge in [0.05, 0.1) is 12.2 Å². The molecular formula is C19H21N3. The van der Waals surface area contributed by atoms with Crippen molar-refractivity contribution in [1.82, 2.24) is 9.78 Å². The van der Waals surface area contributed by atoms with Crippen molar-refractivity contribution in [3.8, 4) is 0 Å². The van der Waals surface area contributed by atoms with Gasteiger partial charge in [0, 0.05) is 23.4 Å². The van der Waals surface area contributed by atoms with Crippen molar-refractivity contribution in [3.05, 3.63) is 82.7 Å². The molecule has 3 nitrogen and oxygen atoms in total. The summed E-state index contributed by atoms with van der Waals surface area (Å²) in [5, 5.41) is 4.71. The van der Waals surface area contributed by atoms with Crippen LogP contribution in [0.3, 0.4) is 0 Å². The van der Waals surface area contributed by atoms with Gasteiger partial charge in [-0.3, -0.25) is 4.68 Å². The Hall–Kier alpha value is -2.55. The average Bonchev–Trinajstić information content (AvgIpc) is 2.78. The van der Waals surface area contributed by atoms with E-state index in [1.807, 2.05) is 18.2 Å². The van der Waals surface area contributed by atoms with Crippen LogP contribution in [-0.2, 0) is 13.0 Å². The molecule has 0 saturated carbocycles. The lowest BCUT2D eigenvalue weighted by Gasteiger charge is -2.06. The molecule has 1 heterocycles. The first-order chi connectivity index (χ1) is 10.6. The number of aryl methyl sites for hydroxylation is 1. The predicted octanol–water partition coefficient (Wildman–Crippen LogP) is 3.72. The minimum atomic E-state index is 0.803. The fourth-order valence-corrected chi connectivity index (χ4v) is 2.74. The minimum Gasteiger partial charge on any atom is -0.399 e. The van der Waals surface area contributed by atoms with Crippen LogP contribution >= 0.6 is 0 Å². The van der Waals surface area contributed by atoms with Gasteiger partial charge in [-0.2, -0.15) is 5.10 Å². The Balaban J connectivity index is 1.85. The third-order valence-corrected chi connectivity index (χ3v) is 4.07. The highest BCUT2D eigenvalue weighted by molar-refractivity contribution is 5.41. The number of anilines is 1. The molecule has 0 bridgehead atoms. The number of benzene rings is 2. The highest BCUT2D eigenvalue weighted by Gasteiger charge is 2.12. The van der Waals surface area contributed by atoms with E-state index in [9.17, 15) is 0 Å². The van der Waals surface area contributed by atoms with Crippen LogP contribution in [0, 0.1) is 13.8 Å². The maximum atomic E-state index is 5.75. The van der Waals surface area contributed by atoms with Crippen LogP contribution in [0.25, 0.3) is 0 Å². The predicted molar refractivity (Wildman–Crippen MR) is 90.9 cm³/mol. The van der Waals surface area contributed by atoms with Gasteiger partial charge in [0.1, 0.15) is 0 Å². The number of nitrogens with two attached hydrogens (primary N) is 1. The van der Waals surface area contributed by atoms with Gasteiger partial charge in [-0.25, -0.2) is 0 Å². The van der Waals surface area contributed by atoms with Crippen LogP contribution in [0.1, 0.15) is 28.1 Å². The molecule has 2 aromatic carbocycles. The van der Waals surface area contributed by atoms with Gasteiger partial charge < -0.3 is 5.73 Å². The Morgan fingerprint density at radius 3 is 2.27 bits per heavy atom. The Morgan fingerprint density at radius 1 is 0.909 bits per heavy atom. The molecule has 3 aromatic rings. The molecule has 0 saturated heterocycles. The average molecular weight is 291 g/mol. The molecule has 2 N–H and O–H groups in total. The van der Waals surface area contributed by atoms with E-state index in [1.165, 1.54) is 22.4 Å². The summed E-state index contributed by atoms with van der Waals surface area (Å²) in [4.78, 5) is 0. The first-order valence-electron chi connectivity index (χ1n) is 7.54. The maximum absolute atomic E-state index is 5.75. The summed E-state index contributed by atoms with van der Waals surface area (Å²) >= 11 is 0. The van der Waals surface area contributed by atoms with Crippen molar-refractivity contribution in [2.75, 3.05) is 5.73 Å². The fourth-order valence-electron chi connectivity index (χ4n) is 2.74. The molecule has 112 valence electrons. The highest BCUT2D eigenvalue weighted by atomic mass is 15.3. The molecule has 0 atom stereocenters. The van der Waals surface area contributed by atoms with Gasteiger partial charge in [-0.05, 0) is 37.1 Å². The number of hydrogen-bond donors (Lipinski definition) is 1. The summed E-state index contributed by atoms with van der Waals surface area (Å²) in [5.74, 6) is 0. The molecule has 0 radical (unpaired) electrons. The third-order valence-electron chi connectivity index (χ3n) is 4.07. The molecule has 3 heteroatoms. The molecule has 22 heavy (non-hydrogen) atoms. The Labute approximate surface area is 131 Å². The van der Waals surface area contributed by atoms with E-state index in [1.54, 1.807) is 0 Å². The SMILES string of the molecule is Cc1nn(Cc2ccccc2)c(C)c1Cc1ccc(N)cc1. The second kappa shape index (κ2) is 6.06. The molecule has 3 rings (SSSR count). The molecule has 0 fully saturated rings. The lowest BCUT2D eigenvalue weighted by molar-refractivity contribution is 0.658. The van der Waals surface area contributed by atoms with Crippen molar-refractivity contribution >= 4 is 5.69 Å². The summed E-state index contributed by atoms with van der Waals surface area (Å²) in [5.41, 5.74) is 12.7. The molecule has 1 aromatic heterocycles. The Kier molecular flexibility index (Phi) is 3.96. The van der Waals surface area contributed by atoms with E-state index in [-0.39, 0.29) is 0 Å². The summed E-state index contributed by atoms with van der Waals surface area (Å²) in [7, 11) is 0. The topological polar surface area (TPSA) is 43.8 Å². The number of nitrogens with zero attached hydrogens (tertiary/aromatic N) is 2. The summed E-state index contributed by atoms with van der Waals surface area (Å²) < 4.78 is 2.09. The Morgan fingerprint density at radius 2 is 1.59 bits per heavy atom. The quantitative estimate of drug-likeness (QED) is 0.744. The molecule has 0 aliphatic heterocycles. The van der Waals surface area contributed by atoms with E-state index >= 15 is 0 Å². The van der Waals surface area contributed by atoms with E-state index in [2.05, 4.69) is 54.9 Å². The molecule has 0 aliphatic carbocycles. The minimum absolute atomic E-state index is 0.803. The first kappa shape index (κ1) is 14.4. The van der Waals surface area contributed by atoms with Crippen LogP contribution in [0.5, 0.6) is 0 Å². The van der Waals surface area contributed by atoms with Crippen LogP contribution in [0.2, 0.25) is 0 Å².